The first-order chi connectivity index (χ1) is 9.11. The molecule has 0 spiro atoms. The lowest BCUT2D eigenvalue weighted by Crippen LogP contribution is -2.05. The van der Waals surface area contributed by atoms with E-state index < -0.39 is 0 Å². The maximum Gasteiger partial charge on any atom is 0.134 e. The van der Waals surface area contributed by atoms with Gasteiger partial charge in [-0.3, -0.25) is 0 Å². The van der Waals surface area contributed by atoms with Crippen LogP contribution in [-0.2, 0) is 13.2 Å². The van der Waals surface area contributed by atoms with Crippen molar-refractivity contribution in [2.45, 2.75) is 20.1 Å². The molecule has 0 unspecified atom stereocenters. The summed E-state index contributed by atoms with van der Waals surface area (Å²) >= 11 is 5.87. The summed E-state index contributed by atoms with van der Waals surface area (Å²) < 4.78 is 19.6. The third kappa shape index (κ3) is 3.25. The average molecular weight is 280 g/mol. The van der Waals surface area contributed by atoms with Crippen LogP contribution in [0.2, 0.25) is 5.02 Å². The van der Waals surface area contributed by atoms with Crippen molar-refractivity contribution in [2.24, 2.45) is 5.73 Å². The summed E-state index contributed by atoms with van der Waals surface area (Å²) in [5.41, 5.74) is 7.38. The average Bonchev–Trinajstić information content (AvgIpc) is 2.39. The highest BCUT2D eigenvalue weighted by molar-refractivity contribution is 6.30. The van der Waals surface area contributed by atoms with Crippen LogP contribution in [0.15, 0.2) is 36.4 Å². The largest absolute Gasteiger partial charge is 0.489 e. The summed E-state index contributed by atoms with van der Waals surface area (Å²) in [5, 5.41) is 0.654. The van der Waals surface area contributed by atoms with Gasteiger partial charge in [-0.1, -0.05) is 29.8 Å². The Kier molecular flexibility index (Phi) is 4.40. The molecular formula is C15H15ClFNO. The highest BCUT2D eigenvalue weighted by Gasteiger charge is 2.08. The SMILES string of the molecule is Cc1cc(Cl)ccc1OCc1cccc(CN)c1F. The van der Waals surface area contributed by atoms with Gasteiger partial charge in [-0.25, -0.2) is 4.39 Å². The van der Waals surface area contributed by atoms with Crippen LogP contribution in [0.3, 0.4) is 0 Å². The molecule has 0 aliphatic carbocycles. The van der Waals surface area contributed by atoms with Gasteiger partial charge in [0.2, 0.25) is 0 Å². The zero-order valence-electron chi connectivity index (χ0n) is 10.6. The number of benzene rings is 2. The first-order valence-electron chi connectivity index (χ1n) is 5.97. The fourth-order valence-electron chi connectivity index (χ4n) is 1.83. The van der Waals surface area contributed by atoms with Crippen molar-refractivity contribution in [1.82, 2.24) is 0 Å². The Morgan fingerprint density at radius 3 is 2.63 bits per heavy atom. The fraction of sp³-hybridized carbons (Fsp3) is 0.200. The highest BCUT2D eigenvalue weighted by atomic mass is 35.5. The van der Waals surface area contributed by atoms with Gasteiger partial charge in [0.1, 0.15) is 18.2 Å². The Labute approximate surface area is 117 Å². The first-order valence-corrected chi connectivity index (χ1v) is 6.35. The second kappa shape index (κ2) is 6.04. The lowest BCUT2D eigenvalue weighted by atomic mass is 10.1. The van der Waals surface area contributed by atoms with Crippen molar-refractivity contribution in [3.05, 3.63) is 63.9 Å². The minimum atomic E-state index is -0.295. The van der Waals surface area contributed by atoms with E-state index in [0.29, 0.717) is 21.9 Å². The maximum absolute atomic E-state index is 14.0. The number of rotatable bonds is 4. The van der Waals surface area contributed by atoms with Crippen LogP contribution in [0.5, 0.6) is 5.75 Å². The van der Waals surface area contributed by atoms with E-state index in [9.17, 15) is 4.39 Å². The quantitative estimate of drug-likeness (QED) is 0.923. The van der Waals surface area contributed by atoms with Crippen molar-refractivity contribution in [1.29, 1.82) is 0 Å². The molecule has 0 aliphatic rings. The Bertz CT molecular complexity index is 586. The van der Waals surface area contributed by atoms with Crippen LogP contribution in [0.1, 0.15) is 16.7 Å². The molecule has 0 aliphatic heterocycles. The van der Waals surface area contributed by atoms with E-state index in [4.69, 9.17) is 22.1 Å². The molecule has 0 radical (unpaired) electrons. The van der Waals surface area contributed by atoms with Gasteiger partial charge in [0.05, 0.1) is 0 Å². The summed E-state index contributed by atoms with van der Waals surface area (Å²) in [5.74, 6) is 0.401. The zero-order chi connectivity index (χ0) is 13.8. The van der Waals surface area contributed by atoms with Gasteiger partial charge in [0.25, 0.3) is 0 Å². The lowest BCUT2D eigenvalue weighted by Gasteiger charge is -2.11. The van der Waals surface area contributed by atoms with E-state index in [0.717, 1.165) is 5.56 Å². The molecule has 0 fully saturated rings. The molecule has 0 saturated carbocycles. The predicted octanol–water partition coefficient (Wildman–Crippen LogP) is 3.83. The molecule has 4 heteroatoms. The van der Waals surface area contributed by atoms with Gasteiger partial charge in [-0.05, 0) is 30.7 Å². The lowest BCUT2D eigenvalue weighted by molar-refractivity contribution is 0.297. The zero-order valence-corrected chi connectivity index (χ0v) is 11.4. The van der Waals surface area contributed by atoms with Crippen molar-refractivity contribution in [3.8, 4) is 5.75 Å². The third-order valence-corrected chi connectivity index (χ3v) is 3.13. The van der Waals surface area contributed by atoms with Crippen molar-refractivity contribution in [2.75, 3.05) is 0 Å². The second-order valence-corrected chi connectivity index (χ2v) is 4.73. The molecule has 2 rings (SSSR count). The smallest absolute Gasteiger partial charge is 0.134 e. The summed E-state index contributed by atoms with van der Waals surface area (Å²) in [6, 6.07) is 10.5. The Morgan fingerprint density at radius 2 is 1.95 bits per heavy atom. The van der Waals surface area contributed by atoms with E-state index in [-0.39, 0.29) is 19.0 Å². The van der Waals surface area contributed by atoms with Gasteiger partial charge in [-0.2, -0.15) is 0 Å². The van der Waals surface area contributed by atoms with E-state index in [1.165, 1.54) is 0 Å². The molecule has 0 amide bonds. The topological polar surface area (TPSA) is 35.2 Å². The number of hydrogen-bond acceptors (Lipinski definition) is 2. The summed E-state index contributed by atoms with van der Waals surface area (Å²) in [4.78, 5) is 0. The highest BCUT2D eigenvalue weighted by Crippen LogP contribution is 2.23. The molecular weight excluding hydrogens is 265 g/mol. The fourth-order valence-corrected chi connectivity index (χ4v) is 2.06. The molecule has 0 aromatic heterocycles. The number of hydrogen-bond donors (Lipinski definition) is 1. The van der Waals surface area contributed by atoms with Crippen LogP contribution in [0, 0.1) is 12.7 Å². The van der Waals surface area contributed by atoms with Gasteiger partial charge < -0.3 is 10.5 Å². The molecule has 2 aromatic rings. The van der Waals surface area contributed by atoms with Crippen LogP contribution < -0.4 is 10.5 Å². The van der Waals surface area contributed by atoms with Crippen LogP contribution in [0.25, 0.3) is 0 Å². The van der Waals surface area contributed by atoms with Gasteiger partial charge in [0, 0.05) is 22.7 Å². The minimum Gasteiger partial charge on any atom is -0.489 e. The molecule has 100 valence electrons. The number of halogens is 2. The molecule has 0 heterocycles. The summed E-state index contributed by atoms with van der Waals surface area (Å²) in [6.07, 6.45) is 0. The van der Waals surface area contributed by atoms with Crippen LogP contribution in [0.4, 0.5) is 4.39 Å². The summed E-state index contributed by atoms with van der Waals surface area (Å²) in [7, 11) is 0. The number of ether oxygens (including phenoxy) is 1. The molecule has 19 heavy (non-hydrogen) atoms. The molecule has 0 atom stereocenters. The Balaban J connectivity index is 2.14. The normalized spacial score (nSPS) is 10.5. The van der Waals surface area contributed by atoms with Crippen molar-refractivity contribution in [3.63, 3.8) is 0 Å². The molecule has 0 bridgehead atoms. The number of nitrogens with two attached hydrogens (primary N) is 1. The maximum atomic E-state index is 14.0. The van der Waals surface area contributed by atoms with E-state index in [1.807, 2.05) is 13.0 Å². The number of aryl methyl sites for hydroxylation is 1. The van der Waals surface area contributed by atoms with Crippen molar-refractivity contribution >= 4 is 11.6 Å². The predicted molar refractivity (Wildman–Crippen MR) is 74.8 cm³/mol. The molecule has 2 nitrogen and oxygen atoms in total. The van der Waals surface area contributed by atoms with Gasteiger partial charge in [-0.15, -0.1) is 0 Å². The second-order valence-electron chi connectivity index (χ2n) is 4.29. The standard InChI is InChI=1S/C15H15ClFNO/c1-10-7-13(16)5-6-14(10)19-9-12-4-2-3-11(8-18)15(12)17/h2-7H,8-9,18H2,1H3. The third-order valence-electron chi connectivity index (χ3n) is 2.90. The van der Waals surface area contributed by atoms with E-state index >= 15 is 0 Å². The van der Waals surface area contributed by atoms with Crippen molar-refractivity contribution < 1.29 is 9.13 Å². The molecule has 2 N–H and O–H groups in total. The minimum absolute atomic E-state index is 0.169. The monoisotopic (exact) mass is 279 g/mol. The van der Waals surface area contributed by atoms with Crippen LogP contribution >= 0.6 is 11.6 Å². The van der Waals surface area contributed by atoms with E-state index in [2.05, 4.69) is 0 Å². The Morgan fingerprint density at radius 1 is 1.21 bits per heavy atom. The molecule has 0 saturated heterocycles. The van der Waals surface area contributed by atoms with Gasteiger partial charge in [0.15, 0.2) is 0 Å². The van der Waals surface area contributed by atoms with Crippen LogP contribution in [-0.4, -0.2) is 0 Å². The first kappa shape index (κ1) is 13.8. The van der Waals surface area contributed by atoms with E-state index in [1.54, 1.807) is 30.3 Å². The molecule has 2 aromatic carbocycles. The summed E-state index contributed by atoms with van der Waals surface area (Å²) in [6.45, 7) is 2.25. The van der Waals surface area contributed by atoms with Gasteiger partial charge >= 0.3 is 0 Å². The Hall–Kier alpha value is -1.58.